The highest BCUT2D eigenvalue weighted by Crippen LogP contribution is 2.23. The quantitative estimate of drug-likeness (QED) is 0.883. The van der Waals surface area contributed by atoms with Crippen LogP contribution in [0.1, 0.15) is 17.7 Å². The summed E-state index contributed by atoms with van der Waals surface area (Å²) in [5.41, 5.74) is 7.18. The van der Waals surface area contributed by atoms with Crippen molar-refractivity contribution in [2.75, 3.05) is 35.6 Å². The average Bonchev–Trinajstić information content (AvgIpc) is 3.01. The van der Waals surface area contributed by atoms with E-state index in [1.54, 1.807) is 18.3 Å². The van der Waals surface area contributed by atoms with Gasteiger partial charge in [-0.2, -0.15) is 10.2 Å². The molecule has 3 rings (SSSR count). The lowest BCUT2D eigenvalue weighted by Crippen LogP contribution is -2.24. The number of nitrogens with two attached hydrogens (primary N) is 1. The van der Waals surface area contributed by atoms with Crippen LogP contribution in [0.4, 0.5) is 17.6 Å². The first-order valence-electron chi connectivity index (χ1n) is 7.61. The Hall–Kier alpha value is -2.88. The standard InChI is InChI=1S/C16H19N7/c1-11-7-14(22-16(18)21-11)23-6-4-12(10-23)9-20-15-13(8-17)3-2-5-19-15/h2-3,5,7,12H,4,6,9-10H2,1H3,(H,19,20)(H2,18,21,22)/t12-/m0/s1. The molecule has 0 bridgehead atoms. The van der Waals surface area contributed by atoms with Crippen molar-refractivity contribution in [2.24, 2.45) is 5.92 Å². The molecule has 7 heteroatoms. The van der Waals surface area contributed by atoms with E-state index < -0.39 is 0 Å². The third-order valence-corrected chi connectivity index (χ3v) is 3.95. The molecule has 118 valence electrons. The molecule has 1 atom stereocenters. The van der Waals surface area contributed by atoms with Gasteiger partial charge in [0.25, 0.3) is 0 Å². The summed E-state index contributed by atoms with van der Waals surface area (Å²) in [4.78, 5) is 14.9. The zero-order chi connectivity index (χ0) is 16.2. The lowest BCUT2D eigenvalue weighted by molar-refractivity contribution is 0.620. The van der Waals surface area contributed by atoms with Crippen molar-refractivity contribution in [1.29, 1.82) is 5.26 Å². The Kier molecular flexibility index (Phi) is 4.24. The van der Waals surface area contributed by atoms with Gasteiger partial charge in [-0.3, -0.25) is 0 Å². The van der Waals surface area contributed by atoms with Gasteiger partial charge in [0.2, 0.25) is 5.95 Å². The molecule has 1 aliphatic heterocycles. The Labute approximate surface area is 135 Å². The third-order valence-electron chi connectivity index (χ3n) is 3.95. The van der Waals surface area contributed by atoms with Crippen LogP contribution in [0.25, 0.3) is 0 Å². The summed E-state index contributed by atoms with van der Waals surface area (Å²) >= 11 is 0. The second-order valence-electron chi connectivity index (χ2n) is 5.72. The van der Waals surface area contributed by atoms with Crippen LogP contribution in [0, 0.1) is 24.2 Å². The van der Waals surface area contributed by atoms with Gasteiger partial charge in [0.05, 0.1) is 5.56 Å². The predicted molar refractivity (Wildman–Crippen MR) is 88.9 cm³/mol. The minimum absolute atomic E-state index is 0.314. The van der Waals surface area contributed by atoms with Crippen LogP contribution in [0.2, 0.25) is 0 Å². The molecule has 3 heterocycles. The fraction of sp³-hybridized carbons (Fsp3) is 0.375. The molecule has 0 spiro atoms. The molecule has 23 heavy (non-hydrogen) atoms. The lowest BCUT2D eigenvalue weighted by atomic mass is 10.1. The largest absolute Gasteiger partial charge is 0.369 e. The molecule has 0 unspecified atom stereocenters. The average molecular weight is 309 g/mol. The van der Waals surface area contributed by atoms with Crippen molar-refractivity contribution in [2.45, 2.75) is 13.3 Å². The van der Waals surface area contributed by atoms with Crippen LogP contribution in [-0.4, -0.2) is 34.6 Å². The van der Waals surface area contributed by atoms with Crippen LogP contribution >= 0.6 is 0 Å². The van der Waals surface area contributed by atoms with Gasteiger partial charge in [-0.1, -0.05) is 0 Å². The van der Waals surface area contributed by atoms with Crippen molar-refractivity contribution in [3.63, 3.8) is 0 Å². The summed E-state index contributed by atoms with van der Waals surface area (Å²) in [5, 5.41) is 12.4. The second kappa shape index (κ2) is 6.48. The zero-order valence-electron chi connectivity index (χ0n) is 13.0. The monoisotopic (exact) mass is 309 g/mol. The first-order valence-corrected chi connectivity index (χ1v) is 7.61. The van der Waals surface area contributed by atoms with E-state index in [1.165, 1.54) is 0 Å². The number of nitrogen functional groups attached to an aromatic ring is 1. The Morgan fingerprint density at radius 2 is 2.35 bits per heavy atom. The number of pyridine rings is 1. The fourth-order valence-electron chi connectivity index (χ4n) is 2.82. The van der Waals surface area contributed by atoms with E-state index in [0.29, 0.717) is 23.2 Å². The molecule has 0 aliphatic carbocycles. The van der Waals surface area contributed by atoms with Gasteiger partial charge in [0.15, 0.2) is 0 Å². The van der Waals surface area contributed by atoms with Gasteiger partial charge in [-0.25, -0.2) is 9.97 Å². The number of aryl methyl sites for hydroxylation is 1. The number of aromatic nitrogens is 3. The highest BCUT2D eigenvalue weighted by atomic mass is 15.2. The van der Waals surface area contributed by atoms with Crippen molar-refractivity contribution in [3.8, 4) is 6.07 Å². The number of nitriles is 1. The van der Waals surface area contributed by atoms with Crippen LogP contribution in [-0.2, 0) is 0 Å². The second-order valence-corrected chi connectivity index (χ2v) is 5.72. The van der Waals surface area contributed by atoms with Gasteiger partial charge in [-0.05, 0) is 31.4 Å². The number of anilines is 3. The molecule has 0 aromatic carbocycles. The van der Waals surface area contributed by atoms with Crippen LogP contribution in [0.3, 0.4) is 0 Å². The van der Waals surface area contributed by atoms with E-state index in [1.807, 2.05) is 13.0 Å². The maximum atomic E-state index is 9.09. The fourth-order valence-corrected chi connectivity index (χ4v) is 2.82. The minimum Gasteiger partial charge on any atom is -0.369 e. The Balaban J connectivity index is 1.61. The smallest absolute Gasteiger partial charge is 0.222 e. The third kappa shape index (κ3) is 3.48. The maximum Gasteiger partial charge on any atom is 0.222 e. The number of nitrogens with zero attached hydrogens (tertiary/aromatic N) is 5. The molecule has 1 aliphatic rings. The zero-order valence-corrected chi connectivity index (χ0v) is 13.0. The van der Waals surface area contributed by atoms with E-state index in [-0.39, 0.29) is 0 Å². The van der Waals surface area contributed by atoms with E-state index in [0.717, 1.165) is 37.6 Å². The first-order chi connectivity index (χ1) is 11.2. The predicted octanol–water partition coefficient (Wildman–Crippen LogP) is 1.57. The normalized spacial score (nSPS) is 17.0. The van der Waals surface area contributed by atoms with Gasteiger partial charge in [0, 0.05) is 37.6 Å². The SMILES string of the molecule is Cc1cc(N2CC[C@@H](CNc3ncccc3C#N)C2)nc(N)n1. The van der Waals surface area contributed by atoms with Gasteiger partial charge in [-0.15, -0.1) is 0 Å². The van der Waals surface area contributed by atoms with Crippen LogP contribution in [0.5, 0.6) is 0 Å². The topological polar surface area (TPSA) is 104 Å². The number of hydrogen-bond acceptors (Lipinski definition) is 7. The van der Waals surface area contributed by atoms with Crippen molar-refractivity contribution in [3.05, 3.63) is 35.7 Å². The summed E-state index contributed by atoms with van der Waals surface area (Å²) in [5.74, 6) is 2.32. The van der Waals surface area contributed by atoms with E-state index >= 15 is 0 Å². The van der Waals surface area contributed by atoms with Crippen molar-refractivity contribution < 1.29 is 0 Å². The van der Waals surface area contributed by atoms with Gasteiger partial charge in [0.1, 0.15) is 17.7 Å². The molecule has 1 fully saturated rings. The van der Waals surface area contributed by atoms with Gasteiger partial charge >= 0.3 is 0 Å². The Bertz CT molecular complexity index is 717. The van der Waals surface area contributed by atoms with Gasteiger partial charge < -0.3 is 16.0 Å². The molecule has 2 aromatic rings. The molecule has 0 saturated carbocycles. The Morgan fingerprint density at radius 3 is 3.13 bits per heavy atom. The van der Waals surface area contributed by atoms with E-state index in [9.17, 15) is 0 Å². The molecule has 1 saturated heterocycles. The highest BCUT2D eigenvalue weighted by molar-refractivity contribution is 5.51. The summed E-state index contributed by atoms with van der Waals surface area (Å²) < 4.78 is 0. The number of rotatable bonds is 4. The highest BCUT2D eigenvalue weighted by Gasteiger charge is 2.24. The van der Waals surface area contributed by atoms with Crippen LogP contribution in [0.15, 0.2) is 24.4 Å². The molecule has 2 aromatic heterocycles. The molecular formula is C16H19N7. The summed E-state index contributed by atoms with van der Waals surface area (Å²) in [6, 6.07) is 7.64. The summed E-state index contributed by atoms with van der Waals surface area (Å²) in [6.45, 7) is 4.54. The summed E-state index contributed by atoms with van der Waals surface area (Å²) in [6.07, 6.45) is 2.75. The molecule has 0 amide bonds. The lowest BCUT2D eigenvalue weighted by Gasteiger charge is -2.18. The molecular weight excluding hydrogens is 290 g/mol. The number of hydrogen-bond donors (Lipinski definition) is 2. The summed E-state index contributed by atoms with van der Waals surface area (Å²) in [7, 11) is 0. The van der Waals surface area contributed by atoms with Crippen LogP contribution < -0.4 is 16.0 Å². The van der Waals surface area contributed by atoms with E-state index in [4.69, 9.17) is 11.0 Å². The minimum atomic E-state index is 0.314. The Morgan fingerprint density at radius 1 is 1.48 bits per heavy atom. The van der Waals surface area contributed by atoms with Crippen molar-refractivity contribution in [1.82, 2.24) is 15.0 Å². The molecule has 3 N–H and O–H groups in total. The van der Waals surface area contributed by atoms with E-state index in [2.05, 4.69) is 31.2 Å². The van der Waals surface area contributed by atoms with Crippen molar-refractivity contribution >= 4 is 17.6 Å². The molecule has 0 radical (unpaired) electrons. The maximum absolute atomic E-state index is 9.09. The molecule has 7 nitrogen and oxygen atoms in total. The number of nitrogens with one attached hydrogen (secondary N) is 1. The first kappa shape index (κ1) is 15.0.